The lowest BCUT2D eigenvalue weighted by molar-refractivity contribution is -0.136. The van der Waals surface area contributed by atoms with E-state index in [1.54, 1.807) is 19.2 Å². The molecule has 4 rings (SSSR count). The average molecular weight is 433 g/mol. The molecule has 0 unspecified atom stereocenters. The van der Waals surface area contributed by atoms with Crippen molar-refractivity contribution in [2.45, 2.75) is 50.9 Å². The molecule has 0 spiro atoms. The maximum Gasteiger partial charge on any atom is 0.335 e. The van der Waals surface area contributed by atoms with Gasteiger partial charge >= 0.3 is 11.9 Å². The first kappa shape index (κ1) is 21.9. The van der Waals surface area contributed by atoms with Crippen LogP contribution in [-0.2, 0) is 11.2 Å². The van der Waals surface area contributed by atoms with E-state index in [-0.39, 0.29) is 12.0 Å². The molecule has 0 amide bonds. The molecule has 1 aliphatic rings. The van der Waals surface area contributed by atoms with E-state index >= 15 is 0 Å². The van der Waals surface area contributed by atoms with Crippen LogP contribution < -0.4 is 4.74 Å². The van der Waals surface area contributed by atoms with E-state index in [1.807, 2.05) is 24.3 Å². The SMILES string of the molecule is COc1c(CCC(=O)O)ccc(C2CCCCC2)c1-c1ccc2cc(C(=O)O)ccc2c1. The molecular weight excluding hydrogens is 404 g/mol. The van der Waals surface area contributed by atoms with Gasteiger partial charge in [0.05, 0.1) is 12.7 Å². The lowest BCUT2D eigenvalue weighted by Crippen LogP contribution is -2.09. The van der Waals surface area contributed by atoms with Crippen LogP contribution in [0, 0.1) is 0 Å². The normalized spacial score (nSPS) is 14.4. The number of aliphatic carboxylic acids is 1. The van der Waals surface area contributed by atoms with Crippen LogP contribution in [0.15, 0.2) is 48.5 Å². The van der Waals surface area contributed by atoms with E-state index in [9.17, 15) is 19.8 Å². The molecule has 0 heterocycles. The number of carboxylic acid groups (broad SMARTS) is 2. The van der Waals surface area contributed by atoms with Crippen molar-refractivity contribution in [1.82, 2.24) is 0 Å². The second-order valence-corrected chi connectivity index (χ2v) is 8.53. The van der Waals surface area contributed by atoms with Gasteiger partial charge < -0.3 is 14.9 Å². The zero-order valence-corrected chi connectivity index (χ0v) is 18.3. The molecule has 5 nitrogen and oxygen atoms in total. The summed E-state index contributed by atoms with van der Waals surface area (Å²) in [4.78, 5) is 22.5. The van der Waals surface area contributed by atoms with E-state index < -0.39 is 11.9 Å². The van der Waals surface area contributed by atoms with Crippen molar-refractivity contribution in [3.8, 4) is 16.9 Å². The number of aryl methyl sites for hydroxylation is 1. The van der Waals surface area contributed by atoms with E-state index in [0.29, 0.717) is 12.3 Å². The fourth-order valence-electron chi connectivity index (χ4n) is 4.90. The summed E-state index contributed by atoms with van der Waals surface area (Å²) >= 11 is 0. The fourth-order valence-corrected chi connectivity index (χ4v) is 4.90. The van der Waals surface area contributed by atoms with Crippen molar-refractivity contribution in [3.63, 3.8) is 0 Å². The molecule has 3 aromatic rings. The lowest BCUT2D eigenvalue weighted by Gasteiger charge is -2.27. The van der Waals surface area contributed by atoms with Crippen molar-refractivity contribution in [3.05, 3.63) is 65.2 Å². The summed E-state index contributed by atoms with van der Waals surface area (Å²) in [5, 5.41) is 20.3. The second kappa shape index (κ2) is 9.43. The molecular formula is C27H28O5. The molecule has 0 bridgehead atoms. The number of hydrogen-bond acceptors (Lipinski definition) is 3. The zero-order valence-electron chi connectivity index (χ0n) is 18.3. The third-order valence-electron chi connectivity index (χ3n) is 6.50. The number of ether oxygens (including phenoxy) is 1. The summed E-state index contributed by atoms with van der Waals surface area (Å²) in [6.45, 7) is 0. The van der Waals surface area contributed by atoms with Crippen LogP contribution >= 0.6 is 0 Å². The van der Waals surface area contributed by atoms with Gasteiger partial charge in [0.15, 0.2) is 0 Å². The van der Waals surface area contributed by atoms with E-state index in [2.05, 4.69) is 12.1 Å². The maximum absolute atomic E-state index is 11.3. The Bertz CT molecular complexity index is 1160. The highest BCUT2D eigenvalue weighted by molar-refractivity contribution is 5.96. The highest BCUT2D eigenvalue weighted by atomic mass is 16.5. The Morgan fingerprint density at radius 3 is 2.34 bits per heavy atom. The molecule has 0 saturated heterocycles. The van der Waals surface area contributed by atoms with Gasteiger partial charge in [-0.25, -0.2) is 4.79 Å². The minimum Gasteiger partial charge on any atom is -0.496 e. The molecule has 0 atom stereocenters. The van der Waals surface area contributed by atoms with Crippen molar-refractivity contribution >= 4 is 22.7 Å². The zero-order chi connectivity index (χ0) is 22.7. The standard InChI is InChI=1S/C27H28O5/c1-32-26-18(12-14-24(28)29)11-13-23(17-5-3-2-4-6-17)25(26)21-9-7-20-16-22(27(30)31)10-8-19(20)15-21/h7-11,13,15-17H,2-6,12,14H2,1H3,(H,28,29)(H,30,31). The number of benzene rings is 3. The van der Waals surface area contributed by atoms with E-state index in [4.69, 9.17) is 4.74 Å². The van der Waals surface area contributed by atoms with Gasteiger partial charge in [0, 0.05) is 12.0 Å². The summed E-state index contributed by atoms with van der Waals surface area (Å²) in [6.07, 6.45) is 6.42. The predicted octanol–water partition coefficient (Wildman–Crippen LogP) is 6.28. The molecule has 1 fully saturated rings. The van der Waals surface area contributed by atoms with Crippen LogP contribution in [0.3, 0.4) is 0 Å². The molecule has 5 heteroatoms. The van der Waals surface area contributed by atoms with Gasteiger partial charge in [-0.3, -0.25) is 4.79 Å². The number of aromatic carboxylic acids is 1. The van der Waals surface area contributed by atoms with Crippen LogP contribution in [0.1, 0.15) is 65.9 Å². The monoisotopic (exact) mass is 432 g/mol. The first-order chi connectivity index (χ1) is 15.5. The molecule has 2 N–H and O–H groups in total. The topological polar surface area (TPSA) is 83.8 Å². The van der Waals surface area contributed by atoms with Crippen molar-refractivity contribution in [1.29, 1.82) is 0 Å². The van der Waals surface area contributed by atoms with Crippen LogP contribution in [0.5, 0.6) is 5.75 Å². The van der Waals surface area contributed by atoms with Gasteiger partial charge in [0.25, 0.3) is 0 Å². The van der Waals surface area contributed by atoms with Gasteiger partial charge in [-0.15, -0.1) is 0 Å². The first-order valence-corrected chi connectivity index (χ1v) is 11.2. The van der Waals surface area contributed by atoms with Crippen LogP contribution in [0.25, 0.3) is 21.9 Å². The lowest BCUT2D eigenvalue weighted by atomic mass is 9.79. The van der Waals surface area contributed by atoms with Gasteiger partial charge in [0.2, 0.25) is 0 Å². The molecule has 0 aromatic heterocycles. The van der Waals surface area contributed by atoms with Gasteiger partial charge in [-0.1, -0.05) is 49.6 Å². The third kappa shape index (κ3) is 4.47. The number of methoxy groups -OCH3 is 1. The summed E-state index contributed by atoms with van der Waals surface area (Å²) in [7, 11) is 1.65. The molecule has 166 valence electrons. The molecule has 0 radical (unpaired) electrons. The number of fused-ring (bicyclic) bond motifs is 1. The summed E-state index contributed by atoms with van der Waals surface area (Å²) in [5.41, 5.74) is 4.45. The van der Waals surface area contributed by atoms with Crippen LogP contribution in [0.2, 0.25) is 0 Å². The molecule has 1 saturated carbocycles. The predicted molar refractivity (Wildman–Crippen MR) is 125 cm³/mol. The van der Waals surface area contributed by atoms with Crippen LogP contribution in [0.4, 0.5) is 0 Å². The number of carboxylic acids is 2. The summed E-state index contributed by atoms with van der Waals surface area (Å²) in [5.74, 6) is -0.574. The largest absolute Gasteiger partial charge is 0.496 e. The Morgan fingerprint density at radius 1 is 0.938 bits per heavy atom. The molecule has 32 heavy (non-hydrogen) atoms. The highest BCUT2D eigenvalue weighted by Gasteiger charge is 2.24. The fraction of sp³-hybridized carbons (Fsp3) is 0.333. The van der Waals surface area contributed by atoms with Gasteiger partial charge in [0.1, 0.15) is 5.75 Å². The number of hydrogen-bond donors (Lipinski definition) is 2. The summed E-state index contributed by atoms with van der Waals surface area (Å²) < 4.78 is 5.89. The van der Waals surface area contributed by atoms with Crippen LogP contribution in [-0.4, -0.2) is 29.3 Å². The van der Waals surface area contributed by atoms with Gasteiger partial charge in [-0.05, 0) is 70.8 Å². The van der Waals surface area contributed by atoms with Crippen molar-refractivity contribution in [2.75, 3.05) is 7.11 Å². The Kier molecular flexibility index (Phi) is 6.45. The minimum absolute atomic E-state index is 0.0499. The first-order valence-electron chi connectivity index (χ1n) is 11.2. The van der Waals surface area contributed by atoms with Crippen molar-refractivity contribution < 1.29 is 24.5 Å². The Labute approximate surface area is 187 Å². The third-order valence-corrected chi connectivity index (χ3v) is 6.50. The average Bonchev–Trinajstić information content (AvgIpc) is 2.81. The van der Waals surface area contributed by atoms with E-state index in [1.165, 1.54) is 24.8 Å². The molecule has 3 aromatic carbocycles. The van der Waals surface area contributed by atoms with Gasteiger partial charge in [-0.2, -0.15) is 0 Å². The summed E-state index contributed by atoms with van der Waals surface area (Å²) in [6, 6.07) is 15.4. The second-order valence-electron chi connectivity index (χ2n) is 8.53. The Balaban J connectivity index is 1.87. The maximum atomic E-state index is 11.3. The molecule has 1 aliphatic carbocycles. The number of carbonyl (C=O) groups is 2. The highest BCUT2D eigenvalue weighted by Crippen LogP contribution is 2.44. The Morgan fingerprint density at radius 2 is 1.66 bits per heavy atom. The van der Waals surface area contributed by atoms with E-state index in [0.717, 1.165) is 46.1 Å². The molecule has 0 aliphatic heterocycles. The quantitative estimate of drug-likeness (QED) is 0.459. The smallest absolute Gasteiger partial charge is 0.335 e. The number of rotatable bonds is 7. The van der Waals surface area contributed by atoms with Crippen molar-refractivity contribution in [2.24, 2.45) is 0 Å². The minimum atomic E-state index is -0.941. The Hall–Kier alpha value is -3.34.